The molecule has 2 aromatic carbocycles. The van der Waals surface area contributed by atoms with Crippen molar-refractivity contribution in [3.05, 3.63) is 63.7 Å². The van der Waals surface area contributed by atoms with E-state index in [4.69, 9.17) is 23.8 Å². The molecule has 0 bridgehead atoms. The number of carboxylic acid groups (broad SMARTS) is 1. The largest absolute Gasteiger partial charge is 0.497 e. The molecule has 1 saturated heterocycles. The molecule has 0 aromatic heterocycles. The Balaban J connectivity index is 1.57. The third-order valence-corrected chi connectivity index (χ3v) is 6.82. The van der Waals surface area contributed by atoms with Crippen LogP contribution in [0.15, 0.2) is 42.5 Å². The van der Waals surface area contributed by atoms with Gasteiger partial charge in [0.05, 0.1) is 45.1 Å². The Kier molecular flexibility index (Phi) is 9.08. The number of nitrogens with zero attached hydrogens (tertiary/aromatic N) is 3. The van der Waals surface area contributed by atoms with Gasteiger partial charge >= 0.3 is 6.09 Å². The number of benzene rings is 2. The van der Waals surface area contributed by atoms with E-state index >= 15 is 0 Å². The third kappa shape index (κ3) is 6.56. The molecule has 2 aliphatic heterocycles. The minimum atomic E-state index is -1.19. The van der Waals surface area contributed by atoms with Gasteiger partial charge in [-0.3, -0.25) is 0 Å². The topological polar surface area (TPSA) is 133 Å². The zero-order valence-electron chi connectivity index (χ0n) is 21.5. The number of methoxy groups -OCH3 is 2. The van der Waals surface area contributed by atoms with Gasteiger partial charge in [-0.25, -0.2) is 4.79 Å². The second-order valence-electron chi connectivity index (χ2n) is 9.19. The number of likely N-dealkylation sites (tertiary alicyclic amines) is 1. The Morgan fingerprint density at radius 1 is 1.16 bits per heavy atom. The molecule has 0 saturated carbocycles. The molecule has 0 aliphatic carbocycles. The van der Waals surface area contributed by atoms with Crippen LogP contribution in [0.5, 0.6) is 11.5 Å². The minimum Gasteiger partial charge on any atom is -0.497 e. The fraction of sp³-hybridized carbons (Fsp3) is 0.500. The molecule has 38 heavy (non-hydrogen) atoms. The van der Waals surface area contributed by atoms with Crippen molar-refractivity contribution in [2.45, 2.75) is 31.2 Å². The van der Waals surface area contributed by atoms with E-state index in [9.17, 15) is 20.0 Å². The molecule has 4 rings (SSSR count). The third-order valence-electron chi connectivity index (χ3n) is 6.82. The summed E-state index contributed by atoms with van der Waals surface area (Å²) >= 11 is 0. The van der Waals surface area contributed by atoms with E-state index in [1.54, 1.807) is 38.5 Å². The van der Waals surface area contributed by atoms with Crippen LogP contribution in [0.3, 0.4) is 0 Å². The van der Waals surface area contributed by atoms with Crippen molar-refractivity contribution in [1.29, 1.82) is 0 Å². The second-order valence-corrected chi connectivity index (χ2v) is 9.19. The molecule has 1 N–H and O–H groups in total. The van der Waals surface area contributed by atoms with Gasteiger partial charge in [0, 0.05) is 26.2 Å². The van der Waals surface area contributed by atoms with Crippen LogP contribution in [0, 0.1) is 10.1 Å². The number of ether oxygens (including phenoxy) is 4. The van der Waals surface area contributed by atoms with Crippen LogP contribution in [0.4, 0.5) is 10.5 Å². The van der Waals surface area contributed by atoms with E-state index in [1.165, 1.54) is 0 Å². The molecular formula is C26H33N3O9. The molecule has 0 spiro atoms. The highest BCUT2D eigenvalue weighted by molar-refractivity contribution is 5.65. The maximum atomic E-state index is 11.8. The van der Waals surface area contributed by atoms with Crippen LogP contribution < -0.4 is 14.4 Å². The Hall–Kier alpha value is -3.77. The average molecular weight is 532 g/mol. The first-order chi connectivity index (χ1) is 18.4. The van der Waals surface area contributed by atoms with Gasteiger partial charge in [-0.05, 0) is 41.8 Å². The van der Waals surface area contributed by atoms with Crippen LogP contribution >= 0.6 is 0 Å². The molecule has 0 radical (unpaired) electrons. The number of fused-ring (bicyclic) bond motifs is 1. The van der Waals surface area contributed by atoms with Crippen molar-refractivity contribution >= 4 is 11.8 Å². The summed E-state index contributed by atoms with van der Waals surface area (Å²) < 4.78 is 22.5. The first-order valence-electron chi connectivity index (χ1n) is 12.4. The number of hydrogen-bond donors (Lipinski definition) is 1. The molecule has 1 fully saturated rings. The van der Waals surface area contributed by atoms with E-state index in [0.29, 0.717) is 19.0 Å². The van der Waals surface area contributed by atoms with Gasteiger partial charge in [-0.15, -0.1) is 10.1 Å². The highest BCUT2D eigenvalue weighted by Gasteiger charge is 2.42. The Labute approximate surface area is 220 Å². The molecule has 0 unspecified atom stereocenters. The lowest BCUT2D eigenvalue weighted by molar-refractivity contribution is -0.770. The molecule has 1 amide bonds. The predicted molar refractivity (Wildman–Crippen MR) is 136 cm³/mol. The Bertz CT molecular complexity index is 1100. The lowest BCUT2D eigenvalue weighted by atomic mass is 9.84. The van der Waals surface area contributed by atoms with Crippen LogP contribution in [-0.4, -0.2) is 87.0 Å². The van der Waals surface area contributed by atoms with E-state index < -0.39 is 29.3 Å². The van der Waals surface area contributed by atoms with Crippen molar-refractivity contribution < 1.29 is 38.8 Å². The van der Waals surface area contributed by atoms with Crippen LogP contribution in [0.1, 0.15) is 23.5 Å². The lowest BCUT2D eigenvalue weighted by Gasteiger charge is -2.41. The van der Waals surface area contributed by atoms with E-state index in [2.05, 4.69) is 4.90 Å². The van der Waals surface area contributed by atoms with Crippen molar-refractivity contribution in [3.8, 4) is 11.5 Å². The monoisotopic (exact) mass is 531 g/mol. The Morgan fingerprint density at radius 2 is 1.92 bits per heavy atom. The molecule has 206 valence electrons. The zero-order valence-corrected chi connectivity index (χ0v) is 21.5. The number of anilines is 1. The summed E-state index contributed by atoms with van der Waals surface area (Å²) in [7, 11) is 3.23. The molecule has 3 atom stereocenters. The normalized spacial score (nSPS) is 20.8. The van der Waals surface area contributed by atoms with Gasteiger partial charge in [-0.2, -0.15) is 0 Å². The van der Waals surface area contributed by atoms with Gasteiger partial charge in [0.15, 0.2) is 0 Å². The SMILES string of the molecule is COCCCN1CCOc2ccc(CO[C@H]3CN(C(=O)O)C[C@@H](O[N+](=O)[O-])[C@@H]3c3ccc(OC)cc3)cc21. The van der Waals surface area contributed by atoms with Gasteiger partial charge in [0.25, 0.3) is 5.09 Å². The zero-order chi connectivity index (χ0) is 27.1. The standard InChI is InChI=1S/C26H33N3O9/c1-34-12-3-10-27-11-13-36-22-9-4-18(14-21(22)27)17-37-23-15-28(26(30)31)16-24(38-29(32)33)25(23)19-5-7-20(35-2)8-6-19/h4-9,14,23-25H,3,10-13,15-17H2,1-2H3,(H,30,31)/t23-,24+,25+/m0/s1. The maximum absolute atomic E-state index is 11.8. The first-order valence-corrected chi connectivity index (χ1v) is 12.4. The number of amides is 1. The van der Waals surface area contributed by atoms with Crippen LogP contribution in [0.25, 0.3) is 0 Å². The summed E-state index contributed by atoms with van der Waals surface area (Å²) in [6, 6.07) is 12.9. The summed E-state index contributed by atoms with van der Waals surface area (Å²) in [5.74, 6) is 0.850. The minimum absolute atomic E-state index is 0.0425. The molecule has 2 aromatic rings. The van der Waals surface area contributed by atoms with Crippen molar-refractivity contribution in [3.63, 3.8) is 0 Å². The lowest BCUT2D eigenvalue weighted by Crippen LogP contribution is -2.54. The molecule has 12 nitrogen and oxygen atoms in total. The van der Waals surface area contributed by atoms with Crippen molar-refractivity contribution in [1.82, 2.24) is 4.90 Å². The predicted octanol–water partition coefficient (Wildman–Crippen LogP) is 3.17. The Morgan fingerprint density at radius 3 is 2.61 bits per heavy atom. The summed E-state index contributed by atoms with van der Waals surface area (Å²) in [4.78, 5) is 31.5. The molecule has 12 heteroatoms. The summed E-state index contributed by atoms with van der Waals surface area (Å²) in [5.41, 5.74) is 2.57. The van der Waals surface area contributed by atoms with E-state index in [0.717, 1.165) is 47.0 Å². The summed E-state index contributed by atoms with van der Waals surface area (Å²) in [5, 5.41) is 20.1. The van der Waals surface area contributed by atoms with Gasteiger partial charge < -0.3 is 38.7 Å². The van der Waals surface area contributed by atoms with E-state index in [1.807, 2.05) is 18.2 Å². The maximum Gasteiger partial charge on any atom is 0.407 e. The van der Waals surface area contributed by atoms with Gasteiger partial charge in [0.1, 0.15) is 24.2 Å². The number of rotatable bonds is 11. The average Bonchev–Trinajstić information content (AvgIpc) is 2.91. The number of piperidine rings is 1. The van der Waals surface area contributed by atoms with Gasteiger partial charge in [0.2, 0.25) is 0 Å². The number of carbonyl (C=O) groups is 1. The van der Waals surface area contributed by atoms with Crippen molar-refractivity contribution in [2.24, 2.45) is 0 Å². The van der Waals surface area contributed by atoms with Crippen LogP contribution in [0.2, 0.25) is 0 Å². The van der Waals surface area contributed by atoms with Gasteiger partial charge in [-0.1, -0.05) is 18.2 Å². The molecule has 2 heterocycles. The van der Waals surface area contributed by atoms with Crippen LogP contribution in [-0.2, 0) is 20.9 Å². The number of hydrogen-bond acceptors (Lipinski definition) is 9. The van der Waals surface area contributed by atoms with Crippen molar-refractivity contribution in [2.75, 3.05) is 58.5 Å². The smallest absolute Gasteiger partial charge is 0.407 e. The first kappa shape index (κ1) is 27.3. The van der Waals surface area contributed by atoms with E-state index in [-0.39, 0.29) is 19.7 Å². The molecule has 2 aliphatic rings. The quantitative estimate of drug-likeness (QED) is 0.262. The summed E-state index contributed by atoms with van der Waals surface area (Å²) in [6.45, 7) is 2.91. The highest BCUT2D eigenvalue weighted by atomic mass is 17.0. The highest BCUT2D eigenvalue weighted by Crippen LogP contribution is 2.36. The fourth-order valence-electron chi connectivity index (χ4n) is 5.00. The fourth-order valence-corrected chi connectivity index (χ4v) is 5.00. The molecular weight excluding hydrogens is 498 g/mol. The second kappa shape index (κ2) is 12.7. The summed E-state index contributed by atoms with van der Waals surface area (Å²) in [6.07, 6.45) is -2.04.